The Morgan fingerprint density at radius 1 is 1.58 bits per heavy atom. The zero-order chi connectivity index (χ0) is 14.6. The van der Waals surface area contributed by atoms with Crippen molar-refractivity contribution in [3.05, 3.63) is 18.5 Å². The topological polar surface area (TPSA) is 85.1 Å². The van der Waals surface area contributed by atoms with Gasteiger partial charge in [0, 0.05) is 11.7 Å². The first-order valence-electron chi connectivity index (χ1n) is 6.20. The van der Waals surface area contributed by atoms with E-state index in [0.29, 0.717) is 10.6 Å². The van der Waals surface area contributed by atoms with Gasteiger partial charge in [0.1, 0.15) is 5.25 Å². The van der Waals surface area contributed by atoms with Crippen molar-refractivity contribution in [2.24, 2.45) is 0 Å². The van der Waals surface area contributed by atoms with E-state index < -0.39 is 16.0 Å². The van der Waals surface area contributed by atoms with Crippen molar-refractivity contribution in [1.29, 1.82) is 0 Å². The number of anilines is 1. The number of carbonyl (C=O) groups is 1. The summed E-state index contributed by atoms with van der Waals surface area (Å²) in [6.07, 6.45) is 3.76. The molecule has 0 radical (unpaired) electrons. The summed E-state index contributed by atoms with van der Waals surface area (Å²) >= 11 is 0. The number of nitrogens with zero attached hydrogens (tertiary/aromatic N) is 1. The van der Waals surface area contributed by atoms with Crippen LogP contribution in [0.15, 0.2) is 23.4 Å². The van der Waals surface area contributed by atoms with Gasteiger partial charge in [-0.25, -0.2) is 0 Å². The van der Waals surface area contributed by atoms with Crippen molar-refractivity contribution in [1.82, 2.24) is 10.3 Å². The van der Waals surface area contributed by atoms with Gasteiger partial charge >= 0.3 is 0 Å². The maximum absolute atomic E-state index is 12.3. The van der Waals surface area contributed by atoms with Gasteiger partial charge < -0.3 is 11.1 Å². The van der Waals surface area contributed by atoms with E-state index in [1.165, 1.54) is 12.4 Å². The van der Waals surface area contributed by atoms with E-state index in [0.717, 1.165) is 6.42 Å². The van der Waals surface area contributed by atoms with E-state index in [1.54, 1.807) is 13.0 Å². The zero-order valence-corrected chi connectivity index (χ0v) is 12.6. The van der Waals surface area contributed by atoms with Crippen LogP contribution in [-0.2, 0) is 15.6 Å². The normalized spacial score (nSPS) is 14.7. The second-order valence-electron chi connectivity index (χ2n) is 5.08. The Morgan fingerprint density at radius 2 is 2.21 bits per heavy atom. The lowest BCUT2D eigenvalue weighted by Crippen LogP contribution is -2.47. The molecule has 0 saturated heterocycles. The Balaban J connectivity index is 2.84. The lowest BCUT2D eigenvalue weighted by atomic mass is 10.0. The van der Waals surface area contributed by atoms with Gasteiger partial charge in [0.15, 0.2) is 0 Å². The number of hydrogen-bond acceptors (Lipinski definition) is 4. The van der Waals surface area contributed by atoms with Crippen molar-refractivity contribution in [3.63, 3.8) is 0 Å². The summed E-state index contributed by atoms with van der Waals surface area (Å²) in [5.41, 5.74) is 5.76. The van der Waals surface area contributed by atoms with Gasteiger partial charge in [-0.3, -0.25) is 14.0 Å². The maximum Gasteiger partial charge on any atom is 0.236 e. The first kappa shape index (κ1) is 15.6. The Bertz CT molecular complexity index is 489. The molecule has 1 heterocycles. The van der Waals surface area contributed by atoms with Crippen LogP contribution < -0.4 is 11.1 Å². The Kier molecular flexibility index (Phi) is 5.05. The minimum absolute atomic E-state index is 0.235. The molecule has 3 N–H and O–H groups in total. The van der Waals surface area contributed by atoms with Crippen LogP contribution in [0.25, 0.3) is 0 Å². The molecule has 6 heteroatoms. The second kappa shape index (κ2) is 6.14. The number of carbonyl (C=O) groups excluding carboxylic acids is 1. The van der Waals surface area contributed by atoms with Gasteiger partial charge in [-0.1, -0.05) is 6.92 Å². The Hall–Kier alpha value is -1.43. The summed E-state index contributed by atoms with van der Waals surface area (Å²) in [6, 6.07) is 1.58. The van der Waals surface area contributed by atoms with Crippen LogP contribution in [0.3, 0.4) is 0 Å². The number of nitrogen functional groups attached to an aromatic ring is 1. The van der Waals surface area contributed by atoms with Gasteiger partial charge in [-0.15, -0.1) is 0 Å². The highest BCUT2D eigenvalue weighted by atomic mass is 32.2. The molecular formula is C13H21N3O2S. The third-order valence-corrected chi connectivity index (χ3v) is 4.72. The molecule has 5 nitrogen and oxygen atoms in total. The van der Waals surface area contributed by atoms with Crippen molar-refractivity contribution in [2.45, 2.75) is 49.8 Å². The zero-order valence-electron chi connectivity index (χ0n) is 11.8. The molecule has 0 fully saturated rings. The summed E-state index contributed by atoms with van der Waals surface area (Å²) in [5, 5.41) is 2.23. The minimum atomic E-state index is -1.48. The molecule has 0 bridgehead atoms. The van der Waals surface area contributed by atoms with Crippen molar-refractivity contribution in [2.75, 3.05) is 5.73 Å². The highest BCUT2D eigenvalue weighted by Gasteiger charge is 2.27. The highest BCUT2D eigenvalue weighted by Crippen LogP contribution is 2.18. The molecule has 0 spiro atoms. The molecule has 2 atom stereocenters. The molecule has 1 rings (SSSR count). The summed E-state index contributed by atoms with van der Waals surface area (Å²) in [5.74, 6) is -0.235. The van der Waals surface area contributed by atoms with Crippen LogP contribution >= 0.6 is 0 Å². The van der Waals surface area contributed by atoms with E-state index in [1.807, 2.05) is 20.8 Å². The maximum atomic E-state index is 12.3. The highest BCUT2D eigenvalue weighted by molar-refractivity contribution is 7.86. The first-order valence-corrected chi connectivity index (χ1v) is 7.42. The fraction of sp³-hybridized carbons (Fsp3) is 0.538. The Labute approximate surface area is 116 Å². The SMILES string of the molecule is CCC(C)(C)NC(=O)C(C)S(=O)c1ccncc1N. The van der Waals surface area contributed by atoms with Crippen LogP contribution in [0.4, 0.5) is 5.69 Å². The van der Waals surface area contributed by atoms with E-state index in [4.69, 9.17) is 5.73 Å². The van der Waals surface area contributed by atoms with Crippen LogP contribution in [-0.4, -0.2) is 25.9 Å². The van der Waals surface area contributed by atoms with Gasteiger partial charge in [0.25, 0.3) is 0 Å². The molecule has 0 aliphatic heterocycles. The molecule has 0 aliphatic rings. The number of pyridine rings is 1. The lowest BCUT2D eigenvalue weighted by molar-refractivity contribution is -0.121. The van der Waals surface area contributed by atoms with Gasteiger partial charge in [-0.05, 0) is 33.3 Å². The standard InChI is InChI=1S/C13H21N3O2S/c1-5-13(3,4)16-12(17)9(2)19(18)11-6-7-15-8-10(11)14/h6-9H,5,14H2,1-4H3,(H,16,17). The fourth-order valence-corrected chi connectivity index (χ4v) is 2.50. The largest absolute Gasteiger partial charge is 0.396 e. The molecule has 106 valence electrons. The third-order valence-electron chi connectivity index (χ3n) is 3.06. The molecule has 1 aromatic heterocycles. The van der Waals surface area contributed by atoms with Crippen LogP contribution in [0.5, 0.6) is 0 Å². The average Bonchev–Trinajstić information content (AvgIpc) is 2.37. The molecule has 1 amide bonds. The summed E-state index contributed by atoms with van der Waals surface area (Å²) in [7, 11) is -1.48. The molecule has 0 aromatic carbocycles. The van der Waals surface area contributed by atoms with Crippen LogP contribution in [0.2, 0.25) is 0 Å². The van der Waals surface area contributed by atoms with Crippen molar-refractivity contribution < 1.29 is 9.00 Å². The summed E-state index contributed by atoms with van der Waals surface area (Å²) in [6.45, 7) is 7.49. The fourth-order valence-electron chi connectivity index (χ4n) is 1.39. The number of nitrogens with two attached hydrogens (primary N) is 1. The average molecular weight is 283 g/mol. The quantitative estimate of drug-likeness (QED) is 0.857. The number of aromatic nitrogens is 1. The van der Waals surface area contributed by atoms with E-state index in [-0.39, 0.29) is 11.4 Å². The lowest BCUT2D eigenvalue weighted by Gasteiger charge is -2.26. The first-order chi connectivity index (χ1) is 8.78. The summed E-state index contributed by atoms with van der Waals surface area (Å²) in [4.78, 5) is 16.4. The molecule has 1 aromatic rings. The number of amides is 1. The van der Waals surface area contributed by atoms with E-state index in [9.17, 15) is 9.00 Å². The molecule has 19 heavy (non-hydrogen) atoms. The molecule has 2 unspecified atom stereocenters. The predicted octanol–water partition coefficient (Wildman–Crippen LogP) is 1.46. The summed E-state index contributed by atoms with van der Waals surface area (Å²) < 4.78 is 12.3. The van der Waals surface area contributed by atoms with Crippen molar-refractivity contribution in [3.8, 4) is 0 Å². The van der Waals surface area contributed by atoms with Gasteiger partial charge in [0.05, 0.1) is 27.6 Å². The van der Waals surface area contributed by atoms with E-state index in [2.05, 4.69) is 10.3 Å². The smallest absolute Gasteiger partial charge is 0.236 e. The number of hydrogen-bond donors (Lipinski definition) is 2. The number of rotatable bonds is 5. The predicted molar refractivity (Wildman–Crippen MR) is 77.0 cm³/mol. The molecule has 0 saturated carbocycles. The van der Waals surface area contributed by atoms with E-state index >= 15 is 0 Å². The van der Waals surface area contributed by atoms with Crippen molar-refractivity contribution >= 4 is 22.4 Å². The monoisotopic (exact) mass is 283 g/mol. The number of nitrogens with one attached hydrogen (secondary N) is 1. The molecular weight excluding hydrogens is 262 g/mol. The van der Waals surface area contributed by atoms with Gasteiger partial charge in [0.2, 0.25) is 5.91 Å². The minimum Gasteiger partial charge on any atom is -0.396 e. The third kappa shape index (κ3) is 4.02. The second-order valence-corrected chi connectivity index (χ2v) is 6.82. The van der Waals surface area contributed by atoms with Crippen LogP contribution in [0.1, 0.15) is 34.1 Å². The van der Waals surface area contributed by atoms with Gasteiger partial charge in [-0.2, -0.15) is 0 Å². The molecule has 0 aliphatic carbocycles. The Morgan fingerprint density at radius 3 is 2.74 bits per heavy atom. The van der Waals surface area contributed by atoms with Crippen LogP contribution in [0, 0.1) is 0 Å².